The van der Waals surface area contributed by atoms with Gasteiger partial charge in [0.05, 0.1) is 16.6 Å². The van der Waals surface area contributed by atoms with E-state index in [1.807, 2.05) is 6.92 Å². The average Bonchev–Trinajstić information content (AvgIpc) is 2.71. The number of carboxylic acids is 1. The van der Waals surface area contributed by atoms with Crippen LogP contribution in [0.3, 0.4) is 0 Å². The fraction of sp³-hybridized carbons (Fsp3) is 0.308. The molecule has 3 N–H and O–H groups in total. The van der Waals surface area contributed by atoms with Crippen LogP contribution in [0.2, 0.25) is 0 Å². The number of benzene rings is 1. The highest BCUT2D eigenvalue weighted by molar-refractivity contribution is 5.92. The fourth-order valence-electron chi connectivity index (χ4n) is 2.01. The van der Waals surface area contributed by atoms with Crippen molar-refractivity contribution >= 4 is 22.9 Å². The summed E-state index contributed by atoms with van der Waals surface area (Å²) in [5.74, 6) is -1.21. The maximum Gasteiger partial charge on any atom is 0.335 e. The van der Waals surface area contributed by atoms with Gasteiger partial charge in [-0.1, -0.05) is 0 Å². The van der Waals surface area contributed by atoms with Gasteiger partial charge in [-0.25, -0.2) is 9.59 Å². The maximum atomic E-state index is 11.8. The molecule has 20 heavy (non-hydrogen) atoms. The van der Waals surface area contributed by atoms with E-state index in [1.54, 1.807) is 6.07 Å². The Morgan fingerprint density at radius 3 is 2.80 bits per heavy atom. The maximum absolute atomic E-state index is 11.8. The molecule has 0 aliphatic rings. The van der Waals surface area contributed by atoms with E-state index >= 15 is 0 Å². The Morgan fingerprint density at radius 2 is 2.15 bits per heavy atom. The molecule has 2 aromatic rings. The lowest BCUT2D eigenvalue weighted by Gasteiger charge is -2.04. The molecule has 0 saturated carbocycles. The smallest absolute Gasteiger partial charge is 0.335 e. The second-order valence-corrected chi connectivity index (χ2v) is 4.32. The molecular weight excluding hydrogens is 262 g/mol. The van der Waals surface area contributed by atoms with Gasteiger partial charge in [-0.2, -0.15) is 0 Å². The van der Waals surface area contributed by atoms with Crippen molar-refractivity contribution in [2.75, 3.05) is 6.54 Å². The number of aromatic carboxylic acids is 1. The SMILES string of the molecule is CCNC(=O)CCn1c(=O)[nH]c2ccc(C(=O)O)cc21. The summed E-state index contributed by atoms with van der Waals surface area (Å²) in [5.41, 5.74) is 0.783. The summed E-state index contributed by atoms with van der Waals surface area (Å²) in [5, 5.41) is 11.6. The Labute approximate surface area is 114 Å². The van der Waals surface area contributed by atoms with Crippen molar-refractivity contribution in [1.82, 2.24) is 14.9 Å². The molecule has 1 heterocycles. The van der Waals surface area contributed by atoms with Crippen molar-refractivity contribution in [2.24, 2.45) is 0 Å². The summed E-state index contributed by atoms with van der Waals surface area (Å²) in [4.78, 5) is 36.8. The number of carbonyl (C=O) groups excluding carboxylic acids is 1. The van der Waals surface area contributed by atoms with Gasteiger partial charge in [-0.3, -0.25) is 9.36 Å². The number of nitrogens with one attached hydrogen (secondary N) is 2. The lowest BCUT2D eigenvalue weighted by atomic mass is 10.2. The Kier molecular flexibility index (Phi) is 3.88. The van der Waals surface area contributed by atoms with Gasteiger partial charge in [-0.15, -0.1) is 0 Å². The van der Waals surface area contributed by atoms with Gasteiger partial charge in [0, 0.05) is 19.5 Å². The highest BCUT2D eigenvalue weighted by Gasteiger charge is 2.11. The van der Waals surface area contributed by atoms with E-state index < -0.39 is 5.97 Å². The molecule has 0 fully saturated rings. The predicted molar refractivity (Wildman–Crippen MR) is 72.8 cm³/mol. The number of H-pyrrole nitrogens is 1. The normalized spacial score (nSPS) is 10.7. The molecule has 0 saturated heterocycles. The van der Waals surface area contributed by atoms with Crippen molar-refractivity contribution in [2.45, 2.75) is 19.9 Å². The third kappa shape index (κ3) is 2.71. The number of carboxylic acid groups (broad SMARTS) is 1. The minimum atomic E-state index is -1.06. The summed E-state index contributed by atoms with van der Waals surface area (Å²) in [6.07, 6.45) is 0.165. The van der Waals surface area contributed by atoms with E-state index in [0.29, 0.717) is 17.6 Å². The standard InChI is InChI=1S/C13H15N3O4/c1-2-14-11(17)5-6-16-10-7-8(12(18)19)3-4-9(10)15-13(16)20/h3-4,7H,2,5-6H2,1H3,(H,14,17)(H,15,20)(H,18,19). The molecule has 0 radical (unpaired) electrons. The van der Waals surface area contributed by atoms with Crippen molar-refractivity contribution in [3.8, 4) is 0 Å². The third-order valence-electron chi connectivity index (χ3n) is 2.96. The fourth-order valence-corrected chi connectivity index (χ4v) is 2.01. The number of hydrogen-bond donors (Lipinski definition) is 3. The summed E-state index contributed by atoms with van der Waals surface area (Å²) in [6, 6.07) is 4.39. The van der Waals surface area contributed by atoms with Crippen molar-refractivity contribution in [3.05, 3.63) is 34.2 Å². The zero-order chi connectivity index (χ0) is 14.7. The molecule has 0 aliphatic carbocycles. The number of aryl methyl sites for hydroxylation is 1. The van der Waals surface area contributed by atoms with Gasteiger partial charge < -0.3 is 15.4 Å². The highest BCUT2D eigenvalue weighted by atomic mass is 16.4. The number of nitrogens with zero attached hydrogens (tertiary/aromatic N) is 1. The first-order chi connectivity index (χ1) is 9.52. The lowest BCUT2D eigenvalue weighted by Crippen LogP contribution is -2.26. The summed E-state index contributed by atoms with van der Waals surface area (Å²) >= 11 is 0. The molecule has 0 aliphatic heterocycles. The van der Waals surface area contributed by atoms with Crippen molar-refractivity contribution < 1.29 is 14.7 Å². The molecule has 1 aromatic carbocycles. The third-order valence-corrected chi connectivity index (χ3v) is 2.96. The number of rotatable bonds is 5. The number of imidazole rings is 1. The van der Waals surface area contributed by atoms with Gasteiger partial charge >= 0.3 is 11.7 Å². The Bertz CT molecular complexity index is 714. The average molecular weight is 277 g/mol. The van der Waals surface area contributed by atoms with Crippen LogP contribution >= 0.6 is 0 Å². The number of amides is 1. The first kappa shape index (κ1) is 13.9. The van der Waals surface area contributed by atoms with Gasteiger partial charge in [0.2, 0.25) is 5.91 Å². The Hall–Kier alpha value is -2.57. The van der Waals surface area contributed by atoms with Crippen LogP contribution in [-0.2, 0) is 11.3 Å². The Balaban J connectivity index is 2.34. The van der Waals surface area contributed by atoms with Gasteiger partial charge in [0.1, 0.15) is 0 Å². The molecule has 106 valence electrons. The van der Waals surface area contributed by atoms with Crippen molar-refractivity contribution in [3.63, 3.8) is 0 Å². The number of aromatic nitrogens is 2. The van der Waals surface area contributed by atoms with Gasteiger partial charge in [0.15, 0.2) is 0 Å². The van der Waals surface area contributed by atoms with E-state index in [-0.39, 0.29) is 30.1 Å². The highest BCUT2D eigenvalue weighted by Crippen LogP contribution is 2.13. The molecule has 0 spiro atoms. The van der Waals surface area contributed by atoms with Crippen LogP contribution in [0.4, 0.5) is 0 Å². The minimum absolute atomic E-state index is 0.100. The zero-order valence-electron chi connectivity index (χ0n) is 11.0. The van der Waals surface area contributed by atoms with E-state index in [4.69, 9.17) is 5.11 Å². The molecule has 7 nitrogen and oxygen atoms in total. The summed E-state index contributed by atoms with van der Waals surface area (Å²) in [6.45, 7) is 2.55. The lowest BCUT2D eigenvalue weighted by molar-refractivity contribution is -0.121. The second-order valence-electron chi connectivity index (χ2n) is 4.32. The quantitative estimate of drug-likeness (QED) is 0.742. The predicted octanol–water partition coefficient (Wildman–Crippen LogP) is 0.554. The minimum Gasteiger partial charge on any atom is -0.478 e. The van der Waals surface area contributed by atoms with E-state index in [2.05, 4.69) is 10.3 Å². The molecule has 7 heteroatoms. The van der Waals surface area contributed by atoms with Crippen LogP contribution in [0.5, 0.6) is 0 Å². The summed E-state index contributed by atoms with van der Waals surface area (Å²) in [7, 11) is 0. The van der Waals surface area contributed by atoms with E-state index in [9.17, 15) is 14.4 Å². The number of aromatic amines is 1. The molecule has 1 aromatic heterocycles. The molecule has 0 bridgehead atoms. The Morgan fingerprint density at radius 1 is 1.40 bits per heavy atom. The zero-order valence-corrected chi connectivity index (χ0v) is 11.0. The van der Waals surface area contributed by atoms with Crippen LogP contribution in [0.15, 0.2) is 23.0 Å². The second kappa shape index (κ2) is 5.60. The van der Waals surface area contributed by atoms with Crippen LogP contribution in [-0.4, -0.2) is 33.1 Å². The van der Waals surface area contributed by atoms with Crippen LogP contribution in [0.25, 0.3) is 11.0 Å². The number of hydrogen-bond acceptors (Lipinski definition) is 3. The molecule has 0 atom stereocenters. The van der Waals surface area contributed by atoms with Gasteiger partial charge in [0.25, 0.3) is 0 Å². The van der Waals surface area contributed by atoms with Crippen LogP contribution < -0.4 is 11.0 Å². The van der Waals surface area contributed by atoms with E-state index in [0.717, 1.165) is 0 Å². The van der Waals surface area contributed by atoms with E-state index in [1.165, 1.54) is 16.7 Å². The largest absolute Gasteiger partial charge is 0.478 e. The first-order valence-corrected chi connectivity index (χ1v) is 6.25. The number of carbonyl (C=O) groups is 2. The van der Waals surface area contributed by atoms with Crippen LogP contribution in [0, 0.1) is 0 Å². The molecule has 0 unspecified atom stereocenters. The molecular formula is C13H15N3O4. The van der Waals surface area contributed by atoms with Crippen molar-refractivity contribution in [1.29, 1.82) is 0 Å². The first-order valence-electron chi connectivity index (χ1n) is 6.25. The van der Waals surface area contributed by atoms with Crippen LogP contribution in [0.1, 0.15) is 23.7 Å². The number of fused-ring (bicyclic) bond motifs is 1. The molecule has 1 amide bonds. The monoisotopic (exact) mass is 277 g/mol. The summed E-state index contributed by atoms with van der Waals surface area (Å²) < 4.78 is 1.37. The molecule has 2 rings (SSSR count). The van der Waals surface area contributed by atoms with Gasteiger partial charge in [-0.05, 0) is 25.1 Å². The topological polar surface area (TPSA) is 104 Å².